The molecule has 1 saturated heterocycles. The highest BCUT2D eigenvalue weighted by atomic mass is 16.5. The van der Waals surface area contributed by atoms with E-state index in [0.717, 1.165) is 12.8 Å². The molecule has 2 heterocycles. The quantitative estimate of drug-likeness (QED) is 0.616. The minimum atomic E-state index is 0.0772. The standard InChI is InChI=1S/C17H22N2O3/c1-2-10-21-12-14-3-4-15-16(14)22-11-9-19(15)17(20)13-5-7-18-8-6-13/h2,5-8,14-16H,1,3-4,9-12H2/t14-,15+,16+/m1/s1. The minimum Gasteiger partial charge on any atom is -0.377 e. The summed E-state index contributed by atoms with van der Waals surface area (Å²) in [4.78, 5) is 18.6. The van der Waals surface area contributed by atoms with E-state index in [2.05, 4.69) is 11.6 Å². The summed E-state index contributed by atoms with van der Waals surface area (Å²) >= 11 is 0. The smallest absolute Gasteiger partial charge is 0.254 e. The lowest BCUT2D eigenvalue weighted by atomic mass is 10.0. The van der Waals surface area contributed by atoms with E-state index in [1.54, 1.807) is 30.6 Å². The maximum Gasteiger partial charge on any atom is 0.254 e. The van der Waals surface area contributed by atoms with E-state index in [0.29, 0.717) is 37.8 Å². The van der Waals surface area contributed by atoms with Crippen molar-refractivity contribution in [3.63, 3.8) is 0 Å². The average Bonchev–Trinajstić information content (AvgIpc) is 2.98. The molecule has 1 saturated carbocycles. The number of rotatable bonds is 5. The van der Waals surface area contributed by atoms with Crippen molar-refractivity contribution < 1.29 is 14.3 Å². The zero-order valence-electron chi connectivity index (χ0n) is 12.7. The number of morpholine rings is 1. The molecule has 3 rings (SSSR count). The van der Waals surface area contributed by atoms with Gasteiger partial charge in [0.1, 0.15) is 0 Å². The lowest BCUT2D eigenvalue weighted by Gasteiger charge is -2.39. The second kappa shape index (κ2) is 7.03. The van der Waals surface area contributed by atoms with Crippen LogP contribution in [0, 0.1) is 5.92 Å². The SMILES string of the molecule is C=CCOC[C@H]1CC[C@H]2[C@H]1OCCN2C(=O)c1ccncc1. The van der Waals surface area contributed by atoms with Crippen LogP contribution >= 0.6 is 0 Å². The number of amides is 1. The van der Waals surface area contributed by atoms with Crippen LogP contribution in [0.3, 0.4) is 0 Å². The summed E-state index contributed by atoms with van der Waals surface area (Å²) < 4.78 is 11.5. The molecule has 2 fully saturated rings. The van der Waals surface area contributed by atoms with Gasteiger partial charge in [0.2, 0.25) is 0 Å². The van der Waals surface area contributed by atoms with Crippen molar-refractivity contribution in [2.75, 3.05) is 26.4 Å². The molecule has 118 valence electrons. The molecule has 22 heavy (non-hydrogen) atoms. The van der Waals surface area contributed by atoms with Crippen LogP contribution in [0.15, 0.2) is 37.2 Å². The van der Waals surface area contributed by atoms with Crippen LogP contribution in [0.25, 0.3) is 0 Å². The van der Waals surface area contributed by atoms with Gasteiger partial charge in [-0.2, -0.15) is 0 Å². The minimum absolute atomic E-state index is 0.0772. The summed E-state index contributed by atoms with van der Waals surface area (Å²) in [5.74, 6) is 0.436. The van der Waals surface area contributed by atoms with Gasteiger partial charge >= 0.3 is 0 Å². The number of nitrogens with zero attached hydrogens (tertiary/aromatic N) is 2. The van der Waals surface area contributed by atoms with Gasteiger partial charge in [-0.25, -0.2) is 0 Å². The van der Waals surface area contributed by atoms with Gasteiger partial charge in [-0.1, -0.05) is 6.08 Å². The molecule has 0 aromatic carbocycles. The lowest BCUT2D eigenvalue weighted by Crippen LogP contribution is -2.53. The summed E-state index contributed by atoms with van der Waals surface area (Å²) in [5, 5.41) is 0. The first-order chi connectivity index (χ1) is 10.8. The molecule has 1 aromatic heterocycles. The fraction of sp³-hybridized carbons (Fsp3) is 0.529. The molecule has 1 aromatic rings. The van der Waals surface area contributed by atoms with Crippen molar-refractivity contribution in [2.24, 2.45) is 5.92 Å². The number of carbonyl (C=O) groups excluding carboxylic acids is 1. The zero-order valence-corrected chi connectivity index (χ0v) is 12.7. The topological polar surface area (TPSA) is 51.7 Å². The highest BCUT2D eigenvalue weighted by molar-refractivity contribution is 5.94. The fourth-order valence-electron chi connectivity index (χ4n) is 3.45. The lowest BCUT2D eigenvalue weighted by molar-refractivity contribution is -0.0738. The maximum absolute atomic E-state index is 12.7. The molecule has 5 heteroatoms. The molecule has 3 atom stereocenters. The third kappa shape index (κ3) is 3.05. The van der Waals surface area contributed by atoms with E-state index in [1.807, 2.05) is 4.90 Å². The normalized spacial score (nSPS) is 27.5. The Morgan fingerprint density at radius 3 is 3.05 bits per heavy atom. The van der Waals surface area contributed by atoms with E-state index in [1.165, 1.54) is 0 Å². The third-order valence-corrected chi connectivity index (χ3v) is 4.48. The van der Waals surface area contributed by atoms with Crippen molar-refractivity contribution in [1.82, 2.24) is 9.88 Å². The Balaban J connectivity index is 1.67. The summed E-state index contributed by atoms with van der Waals surface area (Å²) in [6.45, 7) is 6.14. The van der Waals surface area contributed by atoms with Crippen LogP contribution in [-0.4, -0.2) is 54.3 Å². The predicted molar refractivity (Wildman–Crippen MR) is 82.5 cm³/mol. The van der Waals surface area contributed by atoms with Crippen molar-refractivity contribution in [2.45, 2.75) is 25.0 Å². The molecule has 1 aliphatic carbocycles. The Kier molecular flexibility index (Phi) is 4.85. The molecule has 5 nitrogen and oxygen atoms in total. The van der Waals surface area contributed by atoms with E-state index in [-0.39, 0.29) is 18.1 Å². The van der Waals surface area contributed by atoms with Gasteiger partial charge in [-0.15, -0.1) is 6.58 Å². The van der Waals surface area contributed by atoms with Crippen molar-refractivity contribution in [1.29, 1.82) is 0 Å². The Morgan fingerprint density at radius 2 is 2.27 bits per heavy atom. The molecule has 1 aliphatic heterocycles. The largest absolute Gasteiger partial charge is 0.377 e. The molecule has 0 unspecified atom stereocenters. The molecule has 0 bridgehead atoms. The van der Waals surface area contributed by atoms with Crippen LogP contribution in [0.5, 0.6) is 0 Å². The van der Waals surface area contributed by atoms with Gasteiger partial charge < -0.3 is 14.4 Å². The summed E-state index contributed by atoms with van der Waals surface area (Å²) in [5.41, 5.74) is 0.696. The maximum atomic E-state index is 12.7. The van der Waals surface area contributed by atoms with E-state index >= 15 is 0 Å². The number of carbonyl (C=O) groups is 1. The van der Waals surface area contributed by atoms with E-state index in [9.17, 15) is 4.79 Å². The summed E-state index contributed by atoms with van der Waals surface area (Å²) in [7, 11) is 0. The Labute approximate surface area is 130 Å². The van der Waals surface area contributed by atoms with Crippen molar-refractivity contribution in [3.05, 3.63) is 42.7 Å². The van der Waals surface area contributed by atoms with Crippen LogP contribution in [0.2, 0.25) is 0 Å². The monoisotopic (exact) mass is 302 g/mol. The first-order valence-electron chi connectivity index (χ1n) is 7.82. The van der Waals surface area contributed by atoms with Crippen molar-refractivity contribution >= 4 is 5.91 Å². The molecule has 1 amide bonds. The average molecular weight is 302 g/mol. The molecule has 0 N–H and O–H groups in total. The van der Waals surface area contributed by atoms with Crippen molar-refractivity contribution in [3.8, 4) is 0 Å². The van der Waals surface area contributed by atoms with Gasteiger partial charge in [-0.3, -0.25) is 9.78 Å². The number of ether oxygens (including phenoxy) is 2. The molecule has 2 aliphatic rings. The highest BCUT2D eigenvalue weighted by Crippen LogP contribution is 2.35. The van der Waals surface area contributed by atoms with Gasteiger partial charge in [0.25, 0.3) is 5.91 Å². The highest BCUT2D eigenvalue weighted by Gasteiger charge is 2.44. The first-order valence-corrected chi connectivity index (χ1v) is 7.82. The second-order valence-corrected chi connectivity index (χ2v) is 5.80. The Bertz CT molecular complexity index is 520. The number of aromatic nitrogens is 1. The summed E-state index contributed by atoms with van der Waals surface area (Å²) in [6.07, 6.45) is 7.17. The van der Waals surface area contributed by atoms with E-state index < -0.39 is 0 Å². The number of fused-ring (bicyclic) bond motifs is 1. The Morgan fingerprint density at radius 1 is 1.45 bits per heavy atom. The third-order valence-electron chi connectivity index (χ3n) is 4.48. The molecular weight excluding hydrogens is 280 g/mol. The van der Waals surface area contributed by atoms with Gasteiger partial charge in [0, 0.05) is 30.4 Å². The van der Waals surface area contributed by atoms with Crippen LogP contribution in [-0.2, 0) is 9.47 Å². The van der Waals surface area contributed by atoms with Crippen LogP contribution < -0.4 is 0 Å². The fourth-order valence-corrected chi connectivity index (χ4v) is 3.45. The first kappa shape index (κ1) is 15.2. The molecule has 0 radical (unpaired) electrons. The summed E-state index contributed by atoms with van der Waals surface area (Å²) in [6, 6.07) is 3.70. The second-order valence-electron chi connectivity index (χ2n) is 5.80. The van der Waals surface area contributed by atoms with Crippen LogP contribution in [0.4, 0.5) is 0 Å². The van der Waals surface area contributed by atoms with Gasteiger partial charge in [-0.05, 0) is 25.0 Å². The Hall–Kier alpha value is -1.72. The van der Waals surface area contributed by atoms with Gasteiger partial charge in [0.05, 0.1) is 32.0 Å². The number of hydrogen-bond donors (Lipinski definition) is 0. The van der Waals surface area contributed by atoms with Gasteiger partial charge in [0.15, 0.2) is 0 Å². The predicted octanol–water partition coefficient (Wildman–Crippen LogP) is 1.90. The molecular formula is C17H22N2O3. The zero-order chi connectivity index (χ0) is 15.4. The van der Waals surface area contributed by atoms with E-state index in [4.69, 9.17) is 9.47 Å². The number of hydrogen-bond acceptors (Lipinski definition) is 4. The number of pyridine rings is 1. The van der Waals surface area contributed by atoms with Crippen LogP contribution in [0.1, 0.15) is 23.2 Å². The molecule has 0 spiro atoms.